The van der Waals surface area contributed by atoms with E-state index in [0.717, 1.165) is 38.7 Å². The Kier molecular flexibility index (Phi) is 5.34. The van der Waals surface area contributed by atoms with E-state index in [2.05, 4.69) is 15.5 Å². The summed E-state index contributed by atoms with van der Waals surface area (Å²) in [6, 6.07) is 4.28. The number of hydrogen-bond acceptors (Lipinski definition) is 5. The van der Waals surface area contributed by atoms with Crippen LogP contribution in [0.15, 0.2) is 23.1 Å². The smallest absolute Gasteiger partial charge is 0.258 e. The minimum atomic E-state index is -3.37. The molecule has 0 saturated carbocycles. The molecule has 6 nitrogen and oxygen atoms in total. The third-order valence-corrected chi connectivity index (χ3v) is 6.46. The van der Waals surface area contributed by atoms with E-state index in [1.807, 2.05) is 0 Å². The van der Waals surface area contributed by atoms with Gasteiger partial charge in [-0.3, -0.25) is 10.1 Å². The van der Waals surface area contributed by atoms with Gasteiger partial charge in [-0.1, -0.05) is 11.6 Å². The van der Waals surface area contributed by atoms with Crippen LogP contribution in [0.5, 0.6) is 0 Å². The van der Waals surface area contributed by atoms with Crippen molar-refractivity contribution in [2.75, 3.05) is 25.9 Å². The second-order valence-corrected chi connectivity index (χ2v) is 9.42. The highest BCUT2D eigenvalue weighted by Gasteiger charge is 2.34. The fraction of sp³-hybridized carbons (Fsp3) is 0.500. The van der Waals surface area contributed by atoms with Crippen LogP contribution in [0.1, 0.15) is 23.2 Å². The van der Waals surface area contributed by atoms with Gasteiger partial charge in [0.05, 0.1) is 15.5 Å². The van der Waals surface area contributed by atoms with E-state index in [-0.39, 0.29) is 26.6 Å². The van der Waals surface area contributed by atoms with Gasteiger partial charge in [0.2, 0.25) is 0 Å². The van der Waals surface area contributed by atoms with Crippen LogP contribution in [0.3, 0.4) is 0 Å². The lowest BCUT2D eigenvalue weighted by molar-refractivity contribution is 0.0807. The predicted molar refractivity (Wildman–Crippen MR) is 101 cm³/mol. The average Bonchev–Trinajstić information content (AvgIpc) is 2.54. The quantitative estimate of drug-likeness (QED) is 0.746. The van der Waals surface area contributed by atoms with Gasteiger partial charge in [-0.25, -0.2) is 8.42 Å². The summed E-state index contributed by atoms with van der Waals surface area (Å²) in [6.07, 6.45) is 3.38. The zero-order valence-corrected chi connectivity index (χ0v) is 16.2. The molecule has 1 atom stereocenters. The summed E-state index contributed by atoms with van der Waals surface area (Å²) < 4.78 is 23.1. The Hall–Kier alpha value is -1.22. The average molecular weight is 402 g/mol. The Morgan fingerprint density at radius 1 is 1.32 bits per heavy atom. The normalized spacial score (nSPS) is 25.4. The minimum Gasteiger partial charge on any atom is -0.358 e. The van der Waals surface area contributed by atoms with Crippen LogP contribution in [-0.4, -0.2) is 56.3 Å². The van der Waals surface area contributed by atoms with Gasteiger partial charge in [0.25, 0.3) is 5.91 Å². The number of hydrogen-bond donors (Lipinski definition) is 2. The number of carbonyl (C=O) groups excluding carboxylic acids is 1. The Labute approximate surface area is 157 Å². The molecule has 136 valence electrons. The van der Waals surface area contributed by atoms with Crippen molar-refractivity contribution in [3.8, 4) is 0 Å². The molecule has 3 heterocycles. The number of rotatable bonds is 3. The number of halogens is 1. The van der Waals surface area contributed by atoms with Crippen molar-refractivity contribution in [2.45, 2.75) is 23.8 Å². The van der Waals surface area contributed by atoms with Crippen LogP contribution in [0.25, 0.3) is 0 Å². The molecule has 0 radical (unpaired) electrons. The maximum absolute atomic E-state index is 12.4. The summed E-state index contributed by atoms with van der Waals surface area (Å²) in [5.41, 5.74) is 0.187. The topological polar surface area (TPSA) is 78.5 Å². The van der Waals surface area contributed by atoms with Crippen molar-refractivity contribution < 1.29 is 13.2 Å². The minimum absolute atomic E-state index is 0.0713. The van der Waals surface area contributed by atoms with Crippen molar-refractivity contribution in [3.63, 3.8) is 0 Å². The van der Waals surface area contributed by atoms with E-state index in [1.165, 1.54) is 18.2 Å². The van der Waals surface area contributed by atoms with E-state index < -0.39 is 15.7 Å². The first-order valence-corrected chi connectivity index (χ1v) is 10.8. The highest BCUT2D eigenvalue weighted by molar-refractivity contribution is 7.90. The molecule has 3 aliphatic heterocycles. The van der Waals surface area contributed by atoms with E-state index in [9.17, 15) is 13.2 Å². The number of benzene rings is 1. The fourth-order valence-corrected chi connectivity index (χ4v) is 4.64. The molecule has 1 aromatic carbocycles. The third kappa shape index (κ3) is 4.31. The lowest BCUT2D eigenvalue weighted by atomic mass is 9.84. The molecule has 3 aliphatic rings. The Bertz CT molecular complexity index is 805. The monoisotopic (exact) mass is 401 g/mol. The lowest BCUT2D eigenvalue weighted by Crippen LogP contribution is -2.59. The number of nitrogens with zero attached hydrogens (tertiary/aromatic N) is 1. The molecule has 1 aromatic rings. The maximum Gasteiger partial charge on any atom is 0.258 e. The predicted octanol–water partition coefficient (Wildman–Crippen LogP) is 1.44. The largest absolute Gasteiger partial charge is 0.358 e. The van der Waals surface area contributed by atoms with Gasteiger partial charge in [-0.05, 0) is 62.3 Å². The highest BCUT2D eigenvalue weighted by atomic mass is 35.5. The van der Waals surface area contributed by atoms with E-state index >= 15 is 0 Å². The Morgan fingerprint density at radius 2 is 2.00 bits per heavy atom. The summed E-state index contributed by atoms with van der Waals surface area (Å²) >= 11 is 11.3. The number of carbonyl (C=O) groups is 1. The highest BCUT2D eigenvalue weighted by Crippen LogP contribution is 2.27. The number of sulfone groups is 1. The Morgan fingerprint density at radius 3 is 2.52 bits per heavy atom. The summed E-state index contributed by atoms with van der Waals surface area (Å²) in [7, 11) is -3.37. The van der Waals surface area contributed by atoms with E-state index in [4.69, 9.17) is 23.8 Å². The fourth-order valence-electron chi connectivity index (χ4n) is 3.41. The second kappa shape index (κ2) is 7.19. The molecule has 0 spiro atoms. The van der Waals surface area contributed by atoms with Crippen molar-refractivity contribution in [3.05, 3.63) is 28.8 Å². The van der Waals surface area contributed by atoms with Crippen LogP contribution in [0.2, 0.25) is 5.02 Å². The molecular weight excluding hydrogens is 382 g/mol. The lowest BCUT2D eigenvalue weighted by Gasteiger charge is -2.45. The number of fused-ring (bicyclic) bond motifs is 3. The molecule has 0 unspecified atom stereocenters. The number of piperidine rings is 3. The molecule has 0 aliphatic carbocycles. The summed E-state index contributed by atoms with van der Waals surface area (Å²) in [5.74, 6) is 0.126. The molecule has 0 aromatic heterocycles. The molecule has 3 saturated heterocycles. The van der Waals surface area contributed by atoms with Gasteiger partial charge in [0.1, 0.15) is 0 Å². The molecule has 4 rings (SSSR count). The van der Waals surface area contributed by atoms with E-state index in [1.54, 1.807) is 0 Å². The van der Waals surface area contributed by atoms with Gasteiger partial charge in [-0.15, -0.1) is 0 Å². The molecule has 2 N–H and O–H groups in total. The molecule has 1 amide bonds. The second-order valence-electron chi connectivity index (χ2n) is 6.59. The van der Waals surface area contributed by atoms with Gasteiger partial charge < -0.3 is 10.2 Å². The van der Waals surface area contributed by atoms with Gasteiger partial charge in [-0.2, -0.15) is 0 Å². The first kappa shape index (κ1) is 18.6. The third-order valence-electron chi connectivity index (χ3n) is 4.81. The molecule has 2 bridgehead atoms. The van der Waals surface area contributed by atoms with Gasteiger partial charge in [0.15, 0.2) is 14.9 Å². The molecule has 3 fully saturated rings. The maximum atomic E-state index is 12.4. The molecule has 25 heavy (non-hydrogen) atoms. The zero-order valence-electron chi connectivity index (χ0n) is 13.8. The molecule has 9 heteroatoms. The summed E-state index contributed by atoms with van der Waals surface area (Å²) in [4.78, 5) is 14.8. The van der Waals surface area contributed by atoms with Gasteiger partial charge in [0, 0.05) is 18.8 Å². The number of amides is 1. The first-order chi connectivity index (χ1) is 11.7. The zero-order chi connectivity index (χ0) is 18.2. The number of thiocarbonyl (C=S) groups is 1. The van der Waals surface area contributed by atoms with Crippen LogP contribution in [0.4, 0.5) is 0 Å². The van der Waals surface area contributed by atoms with Crippen molar-refractivity contribution in [2.24, 2.45) is 5.92 Å². The van der Waals surface area contributed by atoms with Crippen LogP contribution < -0.4 is 10.6 Å². The summed E-state index contributed by atoms with van der Waals surface area (Å²) in [6.45, 7) is 3.19. The summed E-state index contributed by atoms with van der Waals surface area (Å²) in [5, 5.41) is 6.20. The standard InChI is InChI=1S/C16H20ClN3O3S2/c1-25(22,23)11-2-3-12(13(17)8-11)15(21)19-16(24)18-14-9-20-6-4-10(14)5-7-20/h2-3,8,10,14H,4-7,9H2,1H3,(H2,18,19,21,24)/t14-/m1/s1. The van der Waals surface area contributed by atoms with Crippen molar-refractivity contribution in [1.82, 2.24) is 15.5 Å². The van der Waals surface area contributed by atoms with Crippen LogP contribution >= 0.6 is 23.8 Å². The SMILES string of the molecule is CS(=O)(=O)c1ccc(C(=O)NC(=S)N[C@@H]2CN3CCC2CC3)c(Cl)c1. The Balaban J connectivity index is 1.63. The van der Waals surface area contributed by atoms with E-state index in [0.29, 0.717) is 5.92 Å². The number of nitrogens with one attached hydrogen (secondary N) is 2. The van der Waals surface area contributed by atoms with Crippen LogP contribution in [-0.2, 0) is 9.84 Å². The van der Waals surface area contributed by atoms with Crippen LogP contribution in [0, 0.1) is 5.92 Å². The van der Waals surface area contributed by atoms with Crippen molar-refractivity contribution in [1.29, 1.82) is 0 Å². The first-order valence-electron chi connectivity index (χ1n) is 8.08. The van der Waals surface area contributed by atoms with Gasteiger partial charge >= 0.3 is 0 Å². The molecular formula is C16H20ClN3O3S2. The van der Waals surface area contributed by atoms with Crippen molar-refractivity contribution >= 4 is 44.7 Å².